The SMILES string of the molecule is [2H]C([2H])([2H])C(O)(CCC[C@](C)(CC#CC(O)(C(F)(F)F)C(F)(F)F)[C@H]1CC[C@H]2C(=O)CCC[C@]12C)C([2H])([2H])[2H]. The van der Waals surface area contributed by atoms with Gasteiger partial charge in [-0.3, -0.25) is 4.79 Å². The molecule has 4 atom stereocenters. The molecular weight excluding hydrogens is 450 g/mol. The fourth-order valence-corrected chi connectivity index (χ4v) is 5.89. The van der Waals surface area contributed by atoms with E-state index in [0.29, 0.717) is 32.1 Å². The number of aliphatic hydroxyl groups is 2. The normalized spacial score (nSPS) is 32.1. The standard InChI is InChI=1S/C24H34F6O3/c1-19(2,32)11-6-12-20(3,13-7-15-22(33,23(25,26)27)24(28,29)30)18-10-9-16-17(31)8-5-14-21(16,18)4/h16,18,32-33H,5-6,8-14H2,1-4H3/t16-,18+,20+,21-/m0/s1/i1D3,2D3. The molecule has 0 bridgehead atoms. The maximum absolute atomic E-state index is 13.2. The van der Waals surface area contributed by atoms with Crippen molar-refractivity contribution in [3.05, 3.63) is 0 Å². The Hall–Kier alpha value is -1.27. The number of hydrogen-bond donors (Lipinski definition) is 2. The van der Waals surface area contributed by atoms with Crippen LogP contribution in [0.5, 0.6) is 0 Å². The van der Waals surface area contributed by atoms with Crippen molar-refractivity contribution < 1.29 is 49.6 Å². The Labute approximate surface area is 199 Å². The lowest BCUT2D eigenvalue weighted by Crippen LogP contribution is -2.55. The molecule has 0 spiro atoms. The van der Waals surface area contributed by atoms with Crippen LogP contribution in [0.4, 0.5) is 26.3 Å². The van der Waals surface area contributed by atoms with Gasteiger partial charge in [0.1, 0.15) is 5.78 Å². The van der Waals surface area contributed by atoms with Crippen LogP contribution in [0, 0.1) is 34.5 Å². The van der Waals surface area contributed by atoms with Crippen LogP contribution >= 0.6 is 0 Å². The van der Waals surface area contributed by atoms with Gasteiger partial charge >= 0.3 is 18.0 Å². The van der Waals surface area contributed by atoms with Gasteiger partial charge in [-0.1, -0.05) is 26.2 Å². The molecule has 0 amide bonds. The highest BCUT2D eigenvalue weighted by molar-refractivity contribution is 5.83. The highest BCUT2D eigenvalue weighted by atomic mass is 19.4. The summed E-state index contributed by atoms with van der Waals surface area (Å²) in [5, 5.41) is 20.1. The molecule has 190 valence electrons. The topological polar surface area (TPSA) is 57.5 Å². The third-order valence-corrected chi connectivity index (χ3v) is 7.57. The van der Waals surface area contributed by atoms with Crippen LogP contribution in [0.3, 0.4) is 0 Å². The molecule has 0 saturated heterocycles. The zero-order valence-corrected chi connectivity index (χ0v) is 18.6. The molecule has 0 unspecified atom stereocenters. The van der Waals surface area contributed by atoms with Gasteiger partial charge in [0, 0.05) is 27.0 Å². The number of halogens is 6. The number of alkyl halides is 6. The van der Waals surface area contributed by atoms with Crippen molar-refractivity contribution in [1.82, 2.24) is 0 Å². The van der Waals surface area contributed by atoms with Gasteiger partial charge in [0.2, 0.25) is 0 Å². The van der Waals surface area contributed by atoms with Crippen molar-refractivity contribution in [2.24, 2.45) is 22.7 Å². The zero-order valence-electron chi connectivity index (χ0n) is 24.6. The number of Topliss-reactive ketones (excluding diaryl/α,β-unsaturated/α-hetero) is 1. The van der Waals surface area contributed by atoms with Crippen molar-refractivity contribution in [2.75, 3.05) is 0 Å². The van der Waals surface area contributed by atoms with E-state index in [1.54, 1.807) is 6.92 Å². The minimum absolute atomic E-state index is 0.0161. The Balaban J connectivity index is 2.48. The van der Waals surface area contributed by atoms with E-state index in [4.69, 9.17) is 8.22 Å². The van der Waals surface area contributed by atoms with Crippen LogP contribution in [0.25, 0.3) is 0 Å². The lowest BCUT2D eigenvalue weighted by atomic mass is 9.56. The zero-order chi connectivity index (χ0) is 30.5. The summed E-state index contributed by atoms with van der Waals surface area (Å²) >= 11 is 0. The maximum atomic E-state index is 13.2. The molecule has 0 aliphatic heterocycles. The van der Waals surface area contributed by atoms with Crippen LogP contribution in [0.2, 0.25) is 0 Å². The fraction of sp³-hybridized carbons (Fsp3) is 0.875. The van der Waals surface area contributed by atoms with Crippen molar-refractivity contribution in [1.29, 1.82) is 0 Å². The summed E-state index contributed by atoms with van der Waals surface area (Å²) in [7, 11) is 0. The molecule has 33 heavy (non-hydrogen) atoms. The highest BCUT2D eigenvalue weighted by Crippen LogP contribution is 2.61. The van der Waals surface area contributed by atoms with Crippen molar-refractivity contribution in [2.45, 2.75) is 109 Å². The number of rotatable bonds is 6. The van der Waals surface area contributed by atoms with Crippen molar-refractivity contribution in [3.8, 4) is 11.8 Å². The van der Waals surface area contributed by atoms with Gasteiger partial charge in [0.05, 0.1) is 5.60 Å². The van der Waals surface area contributed by atoms with E-state index >= 15 is 0 Å². The summed E-state index contributed by atoms with van der Waals surface area (Å²) in [5.74, 6) is 2.05. The molecule has 0 aromatic carbocycles. The quantitative estimate of drug-likeness (QED) is 0.356. The largest absolute Gasteiger partial charge is 0.438 e. The summed E-state index contributed by atoms with van der Waals surface area (Å²) in [4.78, 5) is 12.6. The molecule has 0 heterocycles. The Kier molecular flexibility index (Phi) is 5.49. The summed E-state index contributed by atoms with van der Waals surface area (Å²) in [6.45, 7) is -3.22. The van der Waals surface area contributed by atoms with E-state index in [2.05, 4.69) is 0 Å². The lowest BCUT2D eigenvalue weighted by Gasteiger charge is -2.48. The second-order valence-electron chi connectivity index (χ2n) is 10.1. The molecule has 2 N–H and O–H groups in total. The van der Waals surface area contributed by atoms with Gasteiger partial charge in [-0.15, -0.1) is 0 Å². The molecule has 2 aliphatic carbocycles. The minimum atomic E-state index is -6.13. The van der Waals surface area contributed by atoms with Crippen LogP contribution in [-0.4, -0.2) is 39.6 Å². The predicted molar refractivity (Wildman–Crippen MR) is 111 cm³/mol. The second-order valence-corrected chi connectivity index (χ2v) is 10.1. The molecule has 2 fully saturated rings. The van der Waals surface area contributed by atoms with Crippen LogP contribution < -0.4 is 0 Å². The van der Waals surface area contributed by atoms with Gasteiger partial charge in [0.25, 0.3) is 0 Å². The van der Waals surface area contributed by atoms with Crippen LogP contribution in [-0.2, 0) is 4.79 Å². The summed E-state index contributed by atoms with van der Waals surface area (Å²) < 4.78 is 124. The smallest absolute Gasteiger partial charge is 0.390 e. The first-order valence-electron chi connectivity index (χ1n) is 13.9. The molecule has 0 aromatic rings. The van der Waals surface area contributed by atoms with E-state index in [0.717, 1.165) is 5.92 Å². The molecule has 9 heteroatoms. The first-order chi connectivity index (χ1) is 17.3. The van der Waals surface area contributed by atoms with E-state index in [9.17, 15) is 41.4 Å². The van der Waals surface area contributed by atoms with E-state index in [1.165, 1.54) is 0 Å². The van der Waals surface area contributed by atoms with Gasteiger partial charge in [-0.25, -0.2) is 0 Å². The van der Waals surface area contributed by atoms with E-state index in [1.807, 2.05) is 12.8 Å². The van der Waals surface area contributed by atoms with Gasteiger partial charge in [-0.05, 0) is 74.9 Å². The second kappa shape index (κ2) is 9.07. The summed E-state index contributed by atoms with van der Waals surface area (Å²) in [5.41, 5.74) is -10.2. The average molecular weight is 491 g/mol. The van der Waals surface area contributed by atoms with Gasteiger partial charge in [0.15, 0.2) is 0 Å². The third-order valence-electron chi connectivity index (χ3n) is 7.57. The Morgan fingerprint density at radius 1 is 1.09 bits per heavy atom. The fourth-order valence-electron chi connectivity index (χ4n) is 5.89. The Morgan fingerprint density at radius 2 is 1.70 bits per heavy atom. The van der Waals surface area contributed by atoms with E-state index < -0.39 is 66.8 Å². The maximum Gasteiger partial charge on any atom is 0.438 e. The molecule has 3 nitrogen and oxygen atoms in total. The molecule has 0 aromatic heterocycles. The molecule has 2 aliphatic rings. The molecule has 2 saturated carbocycles. The number of carbonyl (C=O) groups is 1. The predicted octanol–water partition coefficient (Wildman–Crippen LogP) is 5.97. The summed E-state index contributed by atoms with van der Waals surface area (Å²) in [6, 6.07) is 0. The van der Waals surface area contributed by atoms with E-state index in [-0.39, 0.29) is 24.5 Å². The van der Waals surface area contributed by atoms with Crippen LogP contribution in [0.15, 0.2) is 0 Å². The number of carbonyl (C=O) groups excluding carboxylic acids is 1. The third kappa shape index (κ3) is 5.70. The lowest BCUT2D eigenvalue weighted by molar-refractivity contribution is -0.343. The van der Waals surface area contributed by atoms with Crippen LogP contribution in [0.1, 0.15) is 93.6 Å². The Morgan fingerprint density at radius 3 is 2.24 bits per heavy atom. The monoisotopic (exact) mass is 490 g/mol. The minimum Gasteiger partial charge on any atom is -0.390 e. The molecular formula is C24H34F6O3. The Bertz CT molecular complexity index is 953. The van der Waals surface area contributed by atoms with Crippen molar-refractivity contribution >= 4 is 5.78 Å². The number of hydrogen-bond acceptors (Lipinski definition) is 3. The first-order valence-corrected chi connectivity index (χ1v) is 10.9. The highest BCUT2D eigenvalue weighted by Gasteiger charge is 2.70. The molecule has 2 rings (SSSR count). The molecule has 0 radical (unpaired) electrons. The van der Waals surface area contributed by atoms with Gasteiger partial charge in [-0.2, -0.15) is 26.3 Å². The summed E-state index contributed by atoms with van der Waals surface area (Å²) in [6.07, 6.45) is -11.6. The average Bonchev–Trinajstić information content (AvgIpc) is 3.09. The van der Waals surface area contributed by atoms with Crippen molar-refractivity contribution in [3.63, 3.8) is 0 Å². The first kappa shape index (κ1) is 20.0. The number of ketones is 1. The number of fused-ring (bicyclic) bond motifs is 1. The van der Waals surface area contributed by atoms with Gasteiger partial charge < -0.3 is 10.2 Å².